The van der Waals surface area contributed by atoms with Crippen molar-refractivity contribution in [3.8, 4) is 5.75 Å². The number of anilines is 1. The van der Waals surface area contributed by atoms with Crippen LogP contribution in [-0.2, 0) is 0 Å². The molecule has 0 aliphatic carbocycles. The van der Waals surface area contributed by atoms with E-state index >= 15 is 0 Å². The summed E-state index contributed by atoms with van der Waals surface area (Å²) in [7, 11) is 1.53. The Morgan fingerprint density at radius 3 is 2.27 bits per heavy atom. The van der Waals surface area contributed by atoms with Gasteiger partial charge in [-0.25, -0.2) is 4.79 Å². The van der Waals surface area contributed by atoms with Gasteiger partial charge in [0.05, 0.1) is 23.9 Å². The fourth-order valence-corrected chi connectivity index (χ4v) is 2.80. The zero-order valence-corrected chi connectivity index (χ0v) is 14.3. The fraction of sp³-hybridized carbons (Fsp3) is 0.211. The molecule has 2 aromatic carbocycles. The molecule has 0 aromatic heterocycles. The Kier molecular flexibility index (Phi) is 5.17. The molecule has 0 atom stereocenters. The molecule has 0 unspecified atom stereocenters. The van der Waals surface area contributed by atoms with E-state index in [-0.39, 0.29) is 24.4 Å². The van der Waals surface area contributed by atoms with Gasteiger partial charge in [-0.2, -0.15) is 0 Å². The van der Waals surface area contributed by atoms with Crippen LogP contribution in [0.3, 0.4) is 0 Å². The maximum Gasteiger partial charge on any atom is 0.319 e. The zero-order valence-electron chi connectivity index (χ0n) is 14.3. The molecule has 3 rings (SSSR count). The maximum atomic E-state index is 12.2. The Morgan fingerprint density at radius 1 is 1.00 bits per heavy atom. The van der Waals surface area contributed by atoms with Crippen LogP contribution in [0.5, 0.6) is 5.75 Å². The van der Waals surface area contributed by atoms with Gasteiger partial charge in [-0.3, -0.25) is 14.5 Å². The first-order chi connectivity index (χ1) is 12.6. The number of amides is 4. The summed E-state index contributed by atoms with van der Waals surface area (Å²) in [5.41, 5.74) is 1.42. The highest BCUT2D eigenvalue weighted by molar-refractivity contribution is 6.21. The molecule has 2 N–H and O–H groups in total. The van der Waals surface area contributed by atoms with E-state index in [0.717, 1.165) is 0 Å². The first kappa shape index (κ1) is 17.5. The van der Waals surface area contributed by atoms with E-state index < -0.39 is 0 Å². The number of para-hydroxylation sites is 2. The van der Waals surface area contributed by atoms with Crippen molar-refractivity contribution in [2.24, 2.45) is 0 Å². The standard InChI is InChI=1S/C19H19N3O4/c1-26-16-10-5-4-9-15(16)21-19(25)20-11-6-12-22-17(23)13-7-2-3-8-14(13)18(22)24/h2-5,7-10H,6,11-12H2,1H3,(H2,20,21,25). The lowest BCUT2D eigenvalue weighted by Crippen LogP contribution is -2.35. The molecular formula is C19H19N3O4. The smallest absolute Gasteiger partial charge is 0.319 e. The summed E-state index contributed by atoms with van der Waals surface area (Å²) in [5, 5.41) is 5.40. The predicted molar refractivity (Wildman–Crippen MR) is 96.4 cm³/mol. The summed E-state index contributed by atoms with van der Waals surface area (Å²) < 4.78 is 5.17. The van der Waals surface area contributed by atoms with Gasteiger partial charge in [0.2, 0.25) is 0 Å². The third-order valence-corrected chi connectivity index (χ3v) is 4.08. The van der Waals surface area contributed by atoms with E-state index in [0.29, 0.717) is 35.5 Å². The highest BCUT2D eigenvalue weighted by atomic mass is 16.5. The number of nitrogens with zero attached hydrogens (tertiary/aromatic N) is 1. The van der Waals surface area contributed by atoms with Crippen molar-refractivity contribution in [3.63, 3.8) is 0 Å². The monoisotopic (exact) mass is 353 g/mol. The molecule has 0 saturated carbocycles. The highest BCUT2D eigenvalue weighted by Crippen LogP contribution is 2.23. The second-order valence-corrected chi connectivity index (χ2v) is 5.74. The van der Waals surface area contributed by atoms with Crippen LogP contribution in [0.25, 0.3) is 0 Å². The molecule has 0 bridgehead atoms. The molecule has 2 aromatic rings. The number of rotatable bonds is 6. The number of carbonyl (C=O) groups is 3. The highest BCUT2D eigenvalue weighted by Gasteiger charge is 2.34. The summed E-state index contributed by atoms with van der Waals surface area (Å²) in [4.78, 5) is 37.6. The molecule has 1 aliphatic rings. The Hall–Kier alpha value is -3.35. The first-order valence-corrected chi connectivity index (χ1v) is 8.25. The van der Waals surface area contributed by atoms with Crippen LogP contribution in [0, 0.1) is 0 Å². The molecule has 0 saturated heterocycles. The van der Waals surface area contributed by atoms with Crippen LogP contribution in [-0.4, -0.2) is 42.9 Å². The van der Waals surface area contributed by atoms with Crippen LogP contribution in [0.15, 0.2) is 48.5 Å². The van der Waals surface area contributed by atoms with Crippen molar-refractivity contribution in [1.29, 1.82) is 0 Å². The molecule has 0 spiro atoms. The minimum atomic E-state index is -0.378. The van der Waals surface area contributed by atoms with E-state index in [4.69, 9.17) is 4.74 Å². The van der Waals surface area contributed by atoms with E-state index in [9.17, 15) is 14.4 Å². The van der Waals surface area contributed by atoms with E-state index in [2.05, 4.69) is 10.6 Å². The maximum absolute atomic E-state index is 12.2. The average Bonchev–Trinajstić information content (AvgIpc) is 2.90. The van der Waals surface area contributed by atoms with Crippen LogP contribution >= 0.6 is 0 Å². The number of nitrogens with one attached hydrogen (secondary N) is 2. The quantitative estimate of drug-likeness (QED) is 0.617. The Labute approximate surface area is 150 Å². The van der Waals surface area contributed by atoms with Gasteiger partial charge >= 0.3 is 6.03 Å². The number of carbonyl (C=O) groups excluding carboxylic acids is 3. The largest absolute Gasteiger partial charge is 0.495 e. The lowest BCUT2D eigenvalue weighted by atomic mass is 10.1. The molecule has 0 radical (unpaired) electrons. The van der Waals surface area contributed by atoms with Gasteiger partial charge in [-0.05, 0) is 30.7 Å². The summed E-state index contributed by atoms with van der Waals surface area (Å²) in [6.45, 7) is 0.579. The van der Waals surface area contributed by atoms with E-state index in [1.165, 1.54) is 12.0 Å². The number of fused-ring (bicyclic) bond motifs is 1. The lowest BCUT2D eigenvalue weighted by molar-refractivity contribution is 0.0653. The van der Waals surface area contributed by atoms with Crippen LogP contribution in [0.4, 0.5) is 10.5 Å². The van der Waals surface area contributed by atoms with Gasteiger partial charge in [0.1, 0.15) is 5.75 Å². The molecule has 1 aliphatic heterocycles. The average molecular weight is 353 g/mol. The van der Waals surface area contributed by atoms with Crippen molar-refractivity contribution in [3.05, 3.63) is 59.7 Å². The van der Waals surface area contributed by atoms with E-state index in [1.54, 1.807) is 42.5 Å². The summed E-state index contributed by atoms with van der Waals surface area (Å²) in [6, 6.07) is 13.5. The number of benzene rings is 2. The van der Waals surface area contributed by atoms with Crippen LogP contribution in [0.2, 0.25) is 0 Å². The number of hydrogen-bond donors (Lipinski definition) is 2. The van der Waals surface area contributed by atoms with Crippen molar-refractivity contribution >= 4 is 23.5 Å². The SMILES string of the molecule is COc1ccccc1NC(=O)NCCCN1C(=O)c2ccccc2C1=O. The van der Waals surface area contributed by atoms with Gasteiger partial charge in [-0.1, -0.05) is 24.3 Å². The molecule has 26 heavy (non-hydrogen) atoms. The first-order valence-electron chi connectivity index (χ1n) is 8.25. The minimum Gasteiger partial charge on any atom is -0.495 e. The third kappa shape index (κ3) is 3.51. The van der Waals surface area contributed by atoms with Crippen molar-refractivity contribution < 1.29 is 19.1 Å². The molecule has 7 nitrogen and oxygen atoms in total. The summed E-state index contributed by atoms with van der Waals surface area (Å²) in [5.74, 6) is -0.0122. The topological polar surface area (TPSA) is 87.7 Å². The Balaban J connectivity index is 1.47. The number of urea groups is 1. The fourth-order valence-electron chi connectivity index (χ4n) is 2.80. The third-order valence-electron chi connectivity index (χ3n) is 4.08. The van der Waals surface area contributed by atoms with Gasteiger partial charge < -0.3 is 15.4 Å². The summed E-state index contributed by atoms with van der Waals surface area (Å²) in [6.07, 6.45) is 0.463. The number of imide groups is 1. The molecule has 4 amide bonds. The molecule has 0 fully saturated rings. The van der Waals surface area contributed by atoms with Crippen molar-refractivity contribution in [2.45, 2.75) is 6.42 Å². The number of ether oxygens (including phenoxy) is 1. The lowest BCUT2D eigenvalue weighted by Gasteiger charge is -2.14. The second-order valence-electron chi connectivity index (χ2n) is 5.74. The normalized spacial score (nSPS) is 12.7. The minimum absolute atomic E-state index is 0.251. The number of methoxy groups -OCH3 is 1. The van der Waals surface area contributed by atoms with Crippen molar-refractivity contribution in [1.82, 2.24) is 10.2 Å². The summed E-state index contributed by atoms with van der Waals surface area (Å²) >= 11 is 0. The van der Waals surface area contributed by atoms with Crippen LogP contribution in [0.1, 0.15) is 27.1 Å². The molecule has 1 heterocycles. The van der Waals surface area contributed by atoms with E-state index in [1.807, 2.05) is 6.07 Å². The van der Waals surface area contributed by atoms with Gasteiger partial charge in [0.25, 0.3) is 11.8 Å². The zero-order chi connectivity index (χ0) is 18.5. The molecule has 7 heteroatoms. The number of hydrogen-bond acceptors (Lipinski definition) is 4. The molecule has 134 valence electrons. The second kappa shape index (κ2) is 7.69. The van der Waals surface area contributed by atoms with Crippen molar-refractivity contribution in [2.75, 3.05) is 25.5 Å². The molecular weight excluding hydrogens is 334 g/mol. The van der Waals surface area contributed by atoms with Gasteiger partial charge in [0.15, 0.2) is 0 Å². The Bertz CT molecular complexity index is 815. The van der Waals surface area contributed by atoms with Gasteiger partial charge in [-0.15, -0.1) is 0 Å². The Morgan fingerprint density at radius 2 is 1.62 bits per heavy atom. The van der Waals surface area contributed by atoms with Gasteiger partial charge in [0, 0.05) is 13.1 Å². The van der Waals surface area contributed by atoms with Crippen LogP contribution < -0.4 is 15.4 Å². The predicted octanol–water partition coefficient (Wildman–Crippen LogP) is 2.50.